The van der Waals surface area contributed by atoms with Gasteiger partial charge in [-0.2, -0.15) is 0 Å². The Morgan fingerprint density at radius 3 is 2.33 bits per heavy atom. The second-order valence-corrected chi connectivity index (χ2v) is 7.14. The van der Waals surface area contributed by atoms with Gasteiger partial charge in [-0.3, -0.25) is 4.98 Å². The summed E-state index contributed by atoms with van der Waals surface area (Å²) >= 11 is 5.95. The molecule has 176 valence electrons. The molecule has 33 heavy (non-hydrogen) atoms. The van der Waals surface area contributed by atoms with Gasteiger partial charge in [0.1, 0.15) is 19.0 Å². The first-order chi connectivity index (χ1) is 15.8. The minimum atomic E-state index is -1.26. The first kappa shape index (κ1) is 25.6. The standard InChI is InChI=1S/C18H20ClN3O3.C4H4O4/c19-15-3-1-2-14(10-15)12-24-17-5-4-16(21-11-17)13-25-18(23)22-8-6-20-7-9-22;5-3(6)1-2-4(7)8/h1-5,10-11,20H,6-9,12-13H2;1-2H,(H,5,6)(H,7,8). The zero-order valence-corrected chi connectivity index (χ0v) is 18.4. The summed E-state index contributed by atoms with van der Waals surface area (Å²) in [5, 5.41) is 19.5. The van der Waals surface area contributed by atoms with E-state index in [0.29, 0.717) is 48.3 Å². The minimum Gasteiger partial charge on any atom is -0.487 e. The van der Waals surface area contributed by atoms with E-state index in [1.165, 1.54) is 0 Å². The van der Waals surface area contributed by atoms with Crippen molar-refractivity contribution in [1.29, 1.82) is 0 Å². The van der Waals surface area contributed by atoms with Gasteiger partial charge in [0.15, 0.2) is 0 Å². The topological polar surface area (TPSA) is 138 Å². The van der Waals surface area contributed by atoms with Crippen molar-refractivity contribution in [2.75, 3.05) is 26.2 Å². The van der Waals surface area contributed by atoms with E-state index in [2.05, 4.69) is 10.3 Å². The third-order valence-corrected chi connectivity index (χ3v) is 4.41. The maximum atomic E-state index is 11.9. The maximum absolute atomic E-state index is 11.9. The number of benzene rings is 1. The van der Waals surface area contributed by atoms with Crippen LogP contribution in [-0.4, -0.2) is 64.3 Å². The molecule has 11 heteroatoms. The minimum absolute atomic E-state index is 0.150. The van der Waals surface area contributed by atoms with Gasteiger partial charge in [-0.1, -0.05) is 23.7 Å². The predicted octanol–water partition coefficient (Wildman–Crippen LogP) is 2.57. The first-order valence-corrected chi connectivity index (χ1v) is 10.3. The fraction of sp³-hybridized carbons (Fsp3) is 0.273. The molecule has 0 unspecified atom stereocenters. The van der Waals surface area contributed by atoms with E-state index >= 15 is 0 Å². The molecule has 3 rings (SSSR count). The van der Waals surface area contributed by atoms with Crippen LogP contribution in [0.2, 0.25) is 5.02 Å². The van der Waals surface area contributed by atoms with Crippen LogP contribution in [0, 0.1) is 0 Å². The monoisotopic (exact) mass is 477 g/mol. The molecular formula is C22H24ClN3O7. The van der Waals surface area contributed by atoms with Gasteiger partial charge in [-0.05, 0) is 29.8 Å². The summed E-state index contributed by atoms with van der Waals surface area (Å²) in [4.78, 5) is 37.0. The molecule has 1 fully saturated rings. The Labute approximate surface area is 195 Å². The smallest absolute Gasteiger partial charge is 0.410 e. The number of hydrogen-bond acceptors (Lipinski definition) is 7. The highest BCUT2D eigenvalue weighted by atomic mass is 35.5. The molecule has 0 spiro atoms. The first-order valence-electron chi connectivity index (χ1n) is 9.92. The number of hydrogen-bond donors (Lipinski definition) is 3. The van der Waals surface area contributed by atoms with E-state index in [9.17, 15) is 14.4 Å². The van der Waals surface area contributed by atoms with Crippen LogP contribution < -0.4 is 10.1 Å². The van der Waals surface area contributed by atoms with Crippen LogP contribution in [-0.2, 0) is 27.5 Å². The van der Waals surface area contributed by atoms with Gasteiger partial charge in [-0.15, -0.1) is 0 Å². The lowest BCUT2D eigenvalue weighted by atomic mass is 10.2. The number of ether oxygens (including phenoxy) is 2. The number of carboxylic acid groups (broad SMARTS) is 2. The molecule has 0 atom stereocenters. The second kappa shape index (κ2) is 13.7. The Balaban J connectivity index is 0.000000414. The molecule has 1 aromatic carbocycles. The molecule has 0 aliphatic carbocycles. The van der Waals surface area contributed by atoms with Crippen molar-refractivity contribution in [2.45, 2.75) is 13.2 Å². The lowest BCUT2D eigenvalue weighted by Crippen LogP contribution is -2.46. The van der Waals surface area contributed by atoms with Crippen LogP contribution in [0.15, 0.2) is 54.7 Å². The van der Waals surface area contributed by atoms with Gasteiger partial charge >= 0.3 is 18.0 Å². The molecule has 3 N–H and O–H groups in total. The SMILES string of the molecule is O=C(O)C=CC(=O)O.O=C(OCc1ccc(OCc2cccc(Cl)c2)cn1)N1CCNCC1. The number of rotatable bonds is 7. The number of nitrogens with one attached hydrogen (secondary N) is 1. The largest absolute Gasteiger partial charge is 0.487 e. The van der Waals surface area contributed by atoms with Crippen LogP contribution >= 0.6 is 11.6 Å². The van der Waals surface area contributed by atoms with Crippen LogP contribution in [0.4, 0.5) is 4.79 Å². The van der Waals surface area contributed by atoms with Crippen LogP contribution in [0.3, 0.4) is 0 Å². The van der Waals surface area contributed by atoms with Gasteiger partial charge in [0.05, 0.1) is 11.9 Å². The number of pyridine rings is 1. The van der Waals surface area contributed by atoms with E-state index in [-0.39, 0.29) is 12.7 Å². The number of piperazine rings is 1. The van der Waals surface area contributed by atoms with Crippen LogP contribution in [0.5, 0.6) is 5.75 Å². The van der Waals surface area contributed by atoms with Gasteiger partial charge in [-0.25, -0.2) is 14.4 Å². The highest BCUT2D eigenvalue weighted by Gasteiger charge is 2.17. The molecule has 2 aromatic rings. The van der Waals surface area contributed by atoms with Crippen molar-refractivity contribution in [3.63, 3.8) is 0 Å². The Kier molecular flexibility index (Phi) is 10.6. The molecule has 0 saturated carbocycles. The van der Waals surface area contributed by atoms with E-state index in [4.69, 9.17) is 31.3 Å². The zero-order valence-electron chi connectivity index (χ0n) is 17.6. The molecule has 1 saturated heterocycles. The van der Waals surface area contributed by atoms with Crippen LogP contribution in [0.1, 0.15) is 11.3 Å². The molecular weight excluding hydrogens is 454 g/mol. The van der Waals surface area contributed by atoms with Gasteiger partial charge in [0.2, 0.25) is 0 Å². The molecule has 2 heterocycles. The molecule has 1 aliphatic rings. The molecule has 0 bridgehead atoms. The number of aromatic nitrogens is 1. The predicted molar refractivity (Wildman–Crippen MR) is 119 cm³/mol. The van der Waals surface area contributed by atoms with Gasteiger partial charge < -0.3 is 29.9 Å². The fourth-order valence-electron chi connectivity index (χ4n) is 2.59. The summed E-state index contributed by atoms with van der Waals surface area (Å²) in [7, 11) is 0. The quantitative estimate of drug-likeness (QED) is 0.513. The summed E-state index contributed by atoms with van der Waals surface area (Å²) in [5.74, 6) is -1.86. The number of carbonyl (C=O) groups is 3. The molecule has 1 aromatic heterocycles. The zero-order chi connectivity index (χ0) is 24.1. The van der Waals surface area contributed by atoms with E-state index in [1.807, 2.05) is 30.3 Å². The van der Waals surface area contributed by atoms with Gasteiger partial charge in [0, 0.05) is 43.4 Å². The molecule has 10 nitrogen and oxygen atoms in total. The lowest BCUT2D eigenvalue weighted by molar-refractivity contribution is -0.134. The normalized spacial score (nSPS) is 13.1. The maximum Gasteiger partial charge on any atom is 0.410 e. The van der Waals surface area contributed by atoms with Crippen molar-refractivity contribution in [1.82, 2.24) is 15.2 Å². The van der Waals surface area contributed by atoms with Crippen LogP contribution in [0.25, 0.3) is 0 Å². The summed E-state index contributed by atoms with van der Waals surface area (Å²) in [5.41, 5.74) is 1.67. The van der Waals surface area contributed by atoms with Crippen molar-refractivity contribution in [3.8, 4) is 5.75 Å². The summed E-state index contributed by atoms with van der Waals surface area (Å²) in [6, 6.07) is 11.1. The van der Waals surface area contributed by atoms with Crippen molar-refractivity contribution >= 4 is 29.6 Å². The number of halogens is 1. The molecule has 0 radical (unpaired) electrons. The Hall–Kier alpha value is -3.63. The molecule has 1 aliphatic heterocycles. The van der Waals surface area contributed by atoms with Crippen molar-refractivity contribution in [2.24, 2.45) is 0 Å². The number of nitrogens with zero attached hydrogens (tertiary/aromatic N) is 2. The average Bonchev–Trinajstić information content (AvgIpc) is 2.81. The van der Waals surface area contributed by atoms with Crippen molar-refractivity contribution in [3.05, 3.63) is 71.0 Å². The third kappa shape index (κ3) is 10.5. The molecule has 1 amide bonds. The fourth-order valence-corrected chi connectivity index (χ4v) is 2.80. The highest BCUT2D eigenvalue weighted by molar-refractivity contribution is 6.30. The number of aliphatic carboxylic acids is 2. The Morgan fingerprint density at radius 2 is 1.76 bits per heavy atom. The third-order valence-electron chi connectivity index (χ3n) is 4.18. The average molecular weight is 478 g/mol. The summed E-state index contributed by atoms with van der Waals surface area (Å²) in [6.07, 6.45) is 2.44. The van der Waals surface area contributed by atoms with E-state index < -0.39 is 11.9 Å². The van der Waals surface area contributed by atoms with Gasteiger partial charge in [0.25, 0.3) is 0 Å². The van der Waals surface area contributed by atoms with E-state index in [1.54, 1.807) is 17.2 Å². The Bertz CT molecular complexity index is 945. The summed E-state index contributed by atoms with van der Waals surface area (Å²) < 4.78 is 11.0. The lowest BCUT2D eigenvalue weighted by Gasteiger charge is -2.26. The summed E-state index contributed by atoms with van der Waals surface area (Å²) in [6.45, 7) is 3.50. The van der Waals surface area contributed by atoms with E-state index in [0.717, 1.165) is 18.7 Å². The van der Waals surface area contributed by atoms with Crippen molar-refractivity contribution < 1.29 is 34.1 Å². The second-order valence-electron chi connectivity index (χ2n) is 6.71. The Morgan fingerprint density at radius 1 is 1.06 bits per heavy atom. The number of carboxylic acids is 2. The number of carbonyl (C=O) groups excluding carboxylic acids is 1. The number of amides is 1. The highest BCUT2D eigenvalue weighted by Crippen LogP contribution is 2.15.